The number of ether oxygens (including phenoxy) is 1. The molecule has 2 aromatic rings. The average molecular weight is 367 g/mol. The van der Waals surface area contributed by atoms with E-state index < -0.39 is 0 Å². The summed E-state index contributed by atoms with van der Waals surface area (Å²) in [6.45, 7) is 6.78. The normalized spacial score (nSPS) is 11.8. The van der Waals surface area contributed by atoms with Crippen molar-refractivity contribution < 1.29 is 9.53 Å². The number of nitrogens with zero attached hydrogens (tertiary/aromatic N) is 2. The minimum absolute atomic E-state index is 0.0952. The van der Waals surface area contributed by atoms with Gasteiger partial charge in [0.05, 0.1) is 18.0 Å². The molecule has 0 bridgehead atoms. The van der Waals surface area contributed by atoms with Gasteiger partial charge in [0.2, 0.25) is 11.0 Å². The van der Waals surface area contributed by atoms with E-state index in [1.54, 1.807) is 7.11 Å². The van der Waals surface area contributed by atoms with Crippen LogP contribution in [0.15, 0.2) is 22.5 Å². The van der Waals surface area contributed by atoms with Crippen molar-refractivity contribution in [1.82, 2.24) is 10.2 Å². The van der Waals surface area contributed by atoms with Crippen LogP contribution in [0.3, 0.4) is 0 Å². The van der Waals surface area contributed by atoms with E-state index in [0.717, 1.165) is 28.0 Å². The molecule has 0 radical (unpaired) electrons. The Morgan fingerprint density at radius 3 is 2.92 bits per heavy atom. The van der Waals surface area contributed by atoms with Crippen LogP contribution < -0.4 is 15.4 Å². The quantitative estimate of drug-likeness (QED) is 0.692. The number of anilines is 2. The number of amides is 1. The largest absolute Gasteiger partial charge is 0.495 e. The van der Waals surface area contributed by atoms with Crippen LogP contribution >= 0.6 is 23.1 Å². The molecule has 2 N–H and O–H groups in total. The van der Waals surface area contributed by atoms with Crippen LogP contribution in [0.4, 0.5) is 10.8 Å². The van der Waals surface area contributed by atoms with Gasteiger partial charge in [0.1, 0.15) is 5.75 Å². The molecule has 0 spiro atoms. The number of aromatic nitrogens is 2. The standard InChI is InChI=1S/C16H22N4O2S2/c1-5-8-17-15-19-20-16(24-15)23-11(3)14(21)18-12-9-10(2)6-7-13(12)22-4/h6-7,9,11H,5,8H2,1-4H3,(H,17,19)(H,18,21). The van der Waals surface area contributed by atoms with Gasteiger partial charge >= 0.3 is 0 Å². The number of carbonyl (C=O) groups excluding carboxylic acids is 1. The summed E-state index contributed by atoms with van der Waals surface area (Å²) in [7, 11) is 1.59. The van der Waals surface area contributed by atoms with Crippen molar-refractivity contribution in [3.63, 3.8) is 0 Å². The van der Waals surface area contributed by atoms with Crippen molar-refractivity contribution in [3.05, 3.63) is 23.8 Å². The van der Waals surface area contributed by atoms with Crippen LogP contribution in [-0.2, 0) is 4.79 Å². The molecule has 1 unspecified atom stereocenters. The average Bonchev–Trinajstić information content (AvgIpc) is 3.00. The fraction of sp³-hybridized carbons (Fsp3) is 0.438. The summed E-state index contributed by atoms with van der Waals surface area (Å²) < 4.78 is 6.06. The lowest BCUT2D eigenvalue weighted by atomic mass is 10.2. The van der Waals surface area contributed by atoms with Crippen molar-refractivity contribution in [1.29, 1.82) is 0 Å². The number of hydrogen-bond donors (Lipinski definition) is 2. The number of hydrogen-bond acceptors (Lipinski definition) is 7. The van der Waals surface area contributed by atoms with Gasteiger partial charge in [-0.3, -0.25) is 4.79 Å². The molecule has 0 aliphatic rings. The minimum Gasteiger partial charge on any atom is -0.495 e. The topological polar surface area (TPSA) is 76.1 Å². The number of methoxy groups -OCH3 is 1. The summed E-state index contributed by atoms with van der Waals surface area (Å²) >= 11 is 2.85. The predicted octanol–water partition coefficient (Wildman–Crippen LogP) is 3.80. The summed E-state index contributed by atoms with van der Waals surface area (Å²) in [5.41, 5.74) is 1.74. The van der Waals surface area contributed by atoms with Crippen LogP contribution in [0, 0.1) is 6.92 Å². The minimum atomic E-state index is -0.290. The Hall–Kier alpha value is -1.80. The van der Waals surface area contributed by atoms with Crippen molar-refractivity contribution in [2.24, 2.45) is 0 Å². The van der Waals surface area contributed by atoms with E-state index in [9.17, 15) is 4.79 Å². The molecular formula is C16H22N4O2S2. The number of benzene rings is 1. The zero-order valence-electron chi connectivity index (χ0n) is 14.3. The SMILES string of the molecule is CCCNc1nnc(SC(C)C(=O)Nc2cc(C)ccc2OC)s1. The van der Waals surface area contributed by atoms with Crippen LogP contribution in [-0.4, -0.2) is 35.0 Å². The molecule has 0 aliphatic carbocycles. The maximum atomic E-state index is 12.4. The molecule has 8 heteroatoms. The van der Waals surface area contributed by atoms with Gasteiger partial charge in [-0.2, -0.15) is 0 Å². The number of nitrogens with one attached hydrogen (secondary N) is 2. The predicted molar refractivity (Wildman–Crippen MR) is 100 cm³/mol. The van der Waals surface area contributed by atoms with Gasteiger partial charge in [0.25, 0.3) is 0 Å². The van der Waals surface area contributed by atoms with Crippen molar-refractivity contribution in [2.45, 2.75) is 36.8 Å². The first kappa shape index (κ1) is 18.5. The van der Waals surface area contributed by atoms with Crippen molar-refractivity contribution in [3.8, 4) is 5.75 Å². The zero-order chi connectivity index (χ0) is 17.5. The van der Waals surface area contributed by atoms with Crippen LogP contribution in [0.5, 0.6) is 5.75 Å². The van der Waals surface area contributed by atoms with E-state index in [2.05, 4.69) is 27.8 Å². The number of aryl methyl sites for hydroxylation is 1. The molecule has 6 nitrogen and oxygen atoms in total. The van der Waals surface area contributed by atoms with Crippen LogP contribution in [0.25, 0.3) is 0 Å². The van der Waals surface area contributed by atoms with Gasteiger partial charge < -0.3 is 15.4 Å². The highest BCUT2D eigenvalue weighted by molar-refractivity contribution is 8.02. The fourth-order valence-corrected chi connectivity index (χ4v) is 3.84. The summed E-state index contributed by atoms with van der Waals surface area (Å²) in [6, 6.07) is 5.68. The molecule has 1 amide bonds. The van der Waals surface area contributed by atoms with Gasteiger partial charge in [0, 0.05) is 6.54 Å². The molecule has 0 aliphatic heterocycles. The Labute approximate surface area is 150 Å². The lowest BCUT2D eigenvalue weighted by Gasteiger charge is -2.13. The molecule has 1 aromatic heterocycles. The summed E-state index contributed by atoms with van der Waals surface area (Å²) in [4.78, 5) is 12.4. The molecule has 0 saturated heterocycles. The molecule has 1 aromatic carbocycles. The third-order valence-electron chi connectivity index (χ3n) is 3.19. The van der Waals surface area contributed by atoms with Crippen molar-refractivity contribution >= 4 is 39.8 Å². The highest BCUT2D eigenvalue weighted by atomic mass is 32.2. The first-order valence-corrected chi connectivity index (χ1v) is 9.42. The van der Waals surface area contributed by atoms with Crippen molar-refractivity contribution in [2.75, 3.05) is 24.3 Å². The zero-order valence-corrected chi connectivity index (χ0v) is 15.9. The van der Waals surface area contributed by atoms with E-state index in [-0.39, 0.29) is 11.2 Å². The van der Waals surface area contributed by atoms with E-state index in [0.29, 0.717) is 11.4 Å². The second kappa shape index (κ2) is 8.89. The number of thioether (sulfide) groups is 1. The maximum absolute atomic E-state index is 12.4. The molecule has 2 rings (SSSR count). The molecule has 130 valence electrons. The van der Waals surface area contributed by atoms with Gasteiger partial charge in [-0.25, -0.2) is 0 Å². The number of rotatable bonds is 8. The third-order valence-corrected chi connectivity index (χ3v) is 5.26. The second-order valence-corrected chi connectivity index (χ2v) is 7.82. The molecular weight excluding hydrogens is 344 g/mol. The highest BCUT2D eigenvalue weighted by Crippen LogP contribution is 2.31. The van der Waals surface area contributed by atoms with E-state index >= 15 is 0 Å². The van der Waals surface area contributed by atoms with E-state index in [4.69, 9.17) is 4.74 Å². The smallest absolute Gasteiger partial charge is 0.237 e. The number of carbonyl (C=O) groups is 1. The molecule has 24 heavy (non-hydrogen) atoms. The highest BCUT2D eigenvalue weighted by Gasteiger charge is 2.18. The van der Waals surface area contributed by atoms with Gasteiger partial charge in [-0.05, 0) is 38.0 Å². The van der Waals surface area contributed by atoms with Gasteiger partial charge in [-0.1, -0.05) is 36.1 Å². The third kappa shape index (κ3) is 5.10. The summed E-state index contributed by atoms with van der Waals surface area (Å²) in [5, 5.41) is 14.8. The lowest BCUT2D eigenvalue weighted by Crippen LogP contribution is -2.22. The Bertz CT molecular complexity index is 690. The van der Waals surface area contributed by atoms with Gasteiger partial charge in [0.15, 0.2) is 4.34 Å². The van der Waals surface area contributed by atoms with E-state index in [1.165, 1.54) is 23.1 Å². The second-order valence-electron chi connectivity index (χ2n) is 5.25. The Morgan fingerprint density at radius 2 is 2.21 bits per heavy atom. The molecule has 1 heterocycles. The molecule has 0 saturated carbocycles. The molecule has 0 fully saturated rings. The van der Waals surface area contributed by atoms with Crippen LogP contribution in [0.2, 0.25) is 0 Å². The first-order chi connectivity index (χ1) is 11.5. The lowest BCUT2D eigenvalue weighted by molar-refractivity contribution is -0.115. The Kier molecular flexibility index (Phi) is 6.86. The molecule has 1 atom stereocenters. The summed E-state index contributed by atoms with van der Waals surface area (Å²) in [6.07, 6.45) is 1.03. The summed E-state index contributed by atoms with van der Waals surface area (Å²) in [5.74, 6) is 0.551. The van der Waals surface area contributed by atoms with E-state index in [1.807, 2.05) is 32.0 Å². The Morgan fingerprint density at radius 1 is 1.42 bits per heavy atom. The van der Waals surface area contributed by atoms with Gasteiger partial charge in [-0.15, -0.1) is 10.2 Å². The Balaban J connectivity index is 1.97. The fourth-order valence-electron chi connectivity index (χ4n) is 1.92. The van der Waals surface area contributed by atoms with Crippen LogP contribution in [0.1, 0.15) is 25.8 Å². The monoisotopic (exact) mass is 366 g/mol. The maximum Gasteiger partial charge on any atom is 0.237 e. The first-order valence-electron chi connectivity index (χ1n) is 7.73.